The normalized spacial score (nSPS) is 11.3. The van der Waals surface area contributed by atoms with Crippen LogP contribution in [0.1, 0.15) is 132 Å². The van der Waals surface area contributed by atoms with Gasteiger partial charge in [0.1, 0.15) is 19.4 Å². The minimum Gasteiger partial charge on any atom is -0.493 e. The van der Waals surface area contributed by atoms with E-state index in [9.17, 15) is 9.59 Å². The van der Waals surface area contributed by atoms with Crippen LogP contribution in [0.4, 0.5) is 4.79 Å². The first-order chi connectivity index (χ1) is 22.2. The topological polar surface area (TPSA) is 59.7 Å². The molecule has 0 fully saturated rings. The van der Waals surface area contributed by atoms with Gasteiger partial charge in [0.25, 0.3) is 5.91 Å². The number of hydrogen-bond acceptors (Lipinski definition) is 4. The average Bonchev–Trinajstić information content (AvgIpc) is 3.04. The molecule has 2 aromatic carbocycles. The number of aryl methyl sites for hydroxylation is 1. The Hall–Kier alpha value is -3.67. The molecular formula is C40H57N2O4+. The fraction of sp³-hybridized carbons (Fsp3) is 0.525. The molecule has 0 N–H and O–H groups in total. The van der Waals surface area contributed by atoms with Crippen LogP contribution in [0.25, 0.3) is 0 Å². The van der Waals surface area contributed by atoms with E-state index >= 15 is 0 Å². The van der Waals surface area contributed by atoms with E-state index in [-0.39, 0.29) is 18.6 Å². The maximum absolute atomic E-state index is 13.4. The molecule has 0 unspecified atom stereocenters. The number of unbranched alkanes of at least 4 members (excludes halogenated alkanes) is 11. The Morgan fingerprint density at radius 1 is 0.761 bits per heavy atom. The van der Waals surface area contributed by atoms with Gasteiger partial charge in [-0.3, -0.25) is 4.79 Å². The Labute approximate surface area is 278 Å². The van der Waals surface area contributed by atoms with Gasteiger partial charge in [-0.25, -0.2) is 14.3 Å². The van der Waals surface area contributed by atoms with E-state index in [1.54, 1.807) is 24.3 Å². The molecule has 6 heteroatoms. The lowest BCUT2D eigenvalue weighted by Crippen LogP contribution is -2.38. The molecule has 0 aliphatic heterocycles. The van der Waals surface area contributed by atoms with Crippen molar-refractivity contribution in [1.29, 1.82) is 0 Å². The summed E-state index contributed by atoms with van der Waals surface area (Å²) in [6.45, 7) is 9.62. The van der Waals surface area contributed by atoms with Gasteiger partial charge in [-0.15, -0.1) is 0 Å². The van der Waals surface area contributed by atoms with E-state index in [2.05, 4.69) is 33.8 Å². The Balaban J connectivity index is 1.52. The molecule has 2 amide bonds. The van der Waals surface area contributed by atoms with E-state index in [0.717, 1.165) is 28.9 Å². The van der Waals surface area contributed by atoms with Crippen molar-refractivity contribution < 1.29 is 23.6 Å². The first kappa shape index (κ1) is 36.8. The van der Waals surface area contributed by atoms with Crippen molar-refractivity contribution in [2.24, 2.45) is 7.05 Å². The molecular weight excluding hydrogens is 572 g/mol. The molecule has 0 atom stereocenters. The zero-order valence-corrected chi connectivity index (χ0v) is 29.1. The van der Waals surface area contributed by atoms with E-state index < -0.39 is 12.0 Å². The van der Waals surface area contributed by atoms with Crippen molar-refractivity contribution in [2.75, 3.05) is 6.61 Å². The maximum Gasteiger partial charge on any atom is 0.417 e. The minimum absolute atomic E-state index is 0.0576. The van der Waals surface area contributed by atoms with Crippen molar-refractivity contribution in [3.05, 3.63) is 95.3 Å². The second-order valence-corrected chi connectivity index (χ2v) is 13.5. The van der Waals surface area contributed by atoms with Crippen LogP contribution in [0.5, 0.6) is 5.75 Å². The van der Waals surface area contributed by atoms with Gasteiger partial charge in [-0.05, 0) is 53.3 Å². The lowest BCUT2D eigenvalue weighted by atomic mass is 9.85. The molecule has 1 aromatic heterocycles. The second kappa shape index (κ2) is 19.8. The maximum atomic E-state index is 13.4. The first-order valence-electron chi connectivity index (χ1n) is 17.4. The minimum atomic E-state index is -0.676. The third kappa shape index (κ3) is 13.0. The molecule has 0 saturated carbocycles. The van der Waals surface area contributed by atoms with Crippen LogP contribution < -0.4 is 9.30 Å². The number of imide groups is 1. The number of ether oxygens (including phenoxy) is 2. The summed E-state index contributed by atoms with van der Waals surface area (Å²) in [5.74, 6) is 0.484. The van der Waals surface area contributed by atoms with Crippen molar-refractivity contribution in [3.63, 3.8) is 0 Å². The number of aromatic nitrogens is 1. The lowest BCUT2D eigenvalue weighted by molar-refractivity contribution is -0.672. The molecule has 1 heterocycles. The van der Waals surface area contributed by atoms with Gasteiger partial charge in [0.05, 0.1) is 13.2 Å². The fourth-order valence-electron chi connectivity index (χ4n) is 5.61. The Morgan fingerprint density at radius 2 is 1.39 bits per heavy atom. The van der Waals surface area contributed by atoms with Crippen LogP contribution in [0.2, 0.25) is 0 Å². The Morgan fingerprint density at radius 3 is 2.00 bits per heavy atom. The van der Waals surface area contributed by atoms with Crippen LogP contribution in [-0.4, -0.2) is 23.5 Å². The van der Waals surface area contributed by atoms with Crippen molar-refractivity contribution in [1.82, 2.24) is 4.90 Å². The van der Waals surface area contributed by atoms with Gasteiger partial charge >= 0.3 is 6.09 Å². The third-order valence-corrected chi connectivity index (χ3v) is 8.30. The second-order valence-electron chi connectivity index (χ2n) is 13.5. The van der Waals surface area contributed by atoms with Crippen molar-refractivity contribution >= 4 is 12.0 Å². The van der Waals surface area contributed by atoms with Crippen LogP contribution in [0.15, 0.2) is 73.1 Å². The molecule has 46 heavy (non-hydrogen) atoms. The highest BCUT2D eigenvalue weighted by atomic mass is 16.6. The van der Waals surface area contributed by atoms with Gasteiger partial charge in [-0.1, -0.05) is 123 Å². The summed E-state index contributed by atoms with van der Waals surface area (Å²) in [4.78, 5) is 27.9. The predicted octanol–water partition coefficient (Wildman–Crippen LogP) is 9.87. The van der Waals surface area contributed by atoms with Crippen LogP contribution in [0.3, 0.4) is 0 Å². The van der Waals surface area contributed by atoms with Crippen LogP contribution in [-0.2, 0) is 30.4 Å². The van der Waals surface area contributed by atoms with Crippen LogP contribution >= 0.6 is 0 Å². The van der Waals surface area contributed by atoms with Gasteiger partial charge in [0.15, 0.2) is 12.4 Å². The largest absolute Gasteiger partial charge is 0.493 e. The number of pyridine rings is 1. The average molecular weight is 630 g/mol. The smallest absolute Gasteiger partial charge is 0.417 e. The van der Waals surface area contributed by atoms with Gasteiger partial charge in [-0.2, -0.15) is 0 Å². The van der Waals surface area contributed by atoms with Gasteiger partial charge in [0, 0.05) is 17.2 Å². The quantitative estimate of drug-likeness (QED) is 0.0978. The van der Waals surface area contributed by atoms with E-state index in [0.29, 0.717) is 12.2 Å². The summed E-state index contributed by atoms with van der Waals surface area (Å²) in [6, 6.07) is 18.6. The molecule has 0 radical (unpaired) electrons. The molecule has 6 nitrogen and oxygen atoms in total. The summed E-state index contributed by atoms with van der Waals surface area (Å²) in [7, 11) is 1.91. The SMILES string of the molecule is CCCCCCCCCCCCCCOc1ccc(COC(=O)N(Cc2ccc[n+](C)c2)C(=O)c2ccccc2)cc1C(C)(C)C. The Kier molecular flexibility index (Phi) is 15.8. The van der Waals surface area contributed by atoms with Crippen molar-refractivity contribution in [2.45, 2.75) is 123 Å². The molecule has 0 spiro atoms. The summed E-state index contributed by atoms with van der Waals surface area (Å²) >= 11 is 0. The number of carbonyl (C=O) groups is 2. The Bertz CT molecular complexity index is 1330. The molecule has 0 aliphatic carbocycles. The van der Waals surface area contributed by atoms with Crippen molar-refractivity contribution in [3.8, 4) is 5.75 Å². The first-order valence-corrected chi connectivity index (χ1v) is 17.4. The van der Waals surface area contributed by atoms with Gasteiger partial charge in [0.2, 0.25) is 0 Å². The molecule has 3 rings (SSSR count). The molecule has 0 saturated heterocycles. The number of carbonyl (C=O) groups excluding carboxylic acids is 2. The molecule has 0 aliphatic rings. The summed E-state index contributed by atoms with van der Waals surface area (Å²) in [5.41, 5.74) is 3.05. The standard InChI is InChI=1S/C40H57N2O4/c1-6-7-8-9-10-11-12-13-14-15-16-20-28-45-37-26-25-33(29-36(37)40(2,3)4)32-46-39(44)42(31-34-22-21-27-41(5)30-34)38(43)35-23-18-17-19-24-35/h17-19,21-27,29-30H,6-16,20,28,31-32H2,1-5H3/q+1. The fourth-order valence-corrected chi connectivity index (χ4v) is 5.61. The number of nitrogens with zero attached hydrogens (tertiary/aromatic N) is 2. The molecule has 0 bridgehead atoms. The number of amides is 2. The number of hydrogen-bond donors (Lipinski definition) is 0. The van der Waals surface area contributed by atoms with E-state index in [4.69, 9.17) is 9.47 Å². The van der Waals surface area contributed by atoms with Gasteiger partial charge < -0.3 is 9.47 Å². The zero-order chi connectivity index (χ0) is 33.2. The molecule has 250 valence electrons. The van der Waals surface area contributed by atoms with Crippen LogP contribution in [0, 0.1) is 0 Å². The number of benzene rings is 2. The lowest BCUT2D eigenvalue weighted by Gasteiger charge is -2.24. The summed E-state index contributed by atoms with van der Waals surface area (Å²) < 4.78 is 13.9. The highest BCUT2D eigenvalue weighted by molar-refractivity contribution is 6.02. The predicted molar refractivity (Wildman–Crippen MR) is 186 cm³/mol. The monoisotopic (exact) mass is 629 g/mol. The zero-order valence-electron chi connectivity index (χ0n) is 29.1. The highest BCUT2D eigenvalue weighted by Crippen LogP contribution is 2.33. The number of rotatable bonds is 19. The summed E-state index contributed by atoms with van der Waals surface area (Å²) in [5, 5.41) is 0. The molecule has 3 aromatic rings. The third-order valence-electron chi connectivity index (χ3n) is 8.30. The highest BCUT2D eigenvalue weighted by Gasteiger charge is 2.26. The summed E-state index contributed by atoms with van der Waals surface area (Å²) in [6.07, 6.45) is 18.9. The van der Waals surface area contributed by atoms with E-state index in [1.165, 1.54) is 75.5 Å². The van der Waals surface area contributed by atoms with E-state index in [1.807, 2.05) is 54.3 Å².